The Hall–Kier alpha value is 0.720. The van der Waals surface area contributed by atoms with Gasteiger partial charge in [-0.3, -0.25) is 4.55 Å². The predicted octanol–water partition coefficient (Wildman–Crippen LogP) is 0.0412. The molecule has 0 atom stereocenters. The Morgan fingerprint density at radius 1 is 1.27 bits per heavy atom. The molecule has 0 heterocycles. The van der Waals surface area contributed by atoms with Crippen LogP contribution in [0.2, 0.25) is 0 Å². The van der Waals surface area contributed by atoms with Gasteiger partial charge in [-0.1, -0.05) is 0 Å². The fourth-order valence-corrected chi connectivity index (χ4v) is 0. The van der Waals surface area contributed by atoms with Crippen molar-refractivity contribution in [3.8, 4) is 0 Å². The summed E-state index contributed by atoms with van der Waals surface area (Å²) in [6.07, 6.45) is 0. The second kappa shape index (κ2) is 6.26. The quantitative estimate of drug-likeness (QED) is 0.344. The monoisotopic (exact) mass is 221 g/mol. The molecule has 0 amide bonds. The van der Waals surface area contributed by atoms with Crippen molar-refractivity contribution in [3.05, 3.63) is 0 Å². The van der Waals surface area contributed by atoms with Crippen molar-refractivity contribution in [2.24, 2.45) is 0 Å². The van der Waals surface area contributed by atoms with Gasteiger partial charge in [0.1, 0.15) is 0 Å². The van der Waals surface area contributed by atoms with Crippen LogP contribution >= 0.6 is 0 Å². The molecule has 4 nitrogen and oxygen atoms in total. The van der Waals surface area contributed by atoms with E-state index in [4.69, 9.17) is 17.8 Å². The summed E-state index contributed by atoms with van der Waals surface area (Å²) in [7, 11) is -5.84. The molecule has 0 bridgehead atoms. The Balaban J connectivity index is -0.000000196. The number of rotatable bonds is 0. The number of nitrogens with one attached hydrogen (secondary N) is 1. The van der Waals surface area contributed by atoms with Gasteiger partial charge < -0.3 is 0 Å². The van der Waals surface area contributed by atoms with Crippen LogP contribution in [0.3, 0.4) is 0 Å². The van der Waals surface area contributed by atoms with Crippen molar-refractivity contribution in [2.75, 3.05) is 0 Å². The van der Waals surface area contributed by atoms with E-state index < -0.39 is 15.6 Å². The van der Waals surface area contributed by atoms with E-state index in [9.17, 15) is 13.2 Å². The Morgan fingerprint density at radius 3 is 1.36 bits per heavy atom. The maximum absolute atomic E-state index is 10.7. The van der Waals surface area contributed by atoms with Crippen LogP contribution in [0.5, 0.6) is 0 Å². The molecule has 0 aromatic heterocycles. The summed E-state index contributed by atoms with van der Waals surface area (Å²) in [6.45, 7) is 0. The van der Waals surface area contributed by atoms with Crippen molar-refractivity contribution in [1.82, 2.24) is 0 Å². The summed E-state index contributed by atoms with van der Waals surface area (Å²) >= 11 is 3.33. The summed E-state index contributed by atoms with van der Waals surface area (Å²) in [5.74, 6) is 0. The molecule has 10 heteroatoms. The first-order valence-electron chi connectivity index (χ1n) is 1.49. The molecule has 0 aromatic carbocycles. The Kier molecular flexibility index (Phi) is 10.1. The predicted molar refractivity (Wildman–Crippen MR) is 34.8 cm³/mol. The molecule has 0 aromatic rings. The first-order valence-corrected chi connectivity index (χ1v) is 3.34. The van der Waals surface area contributed by atoms with Crippen molar-refractivity contribution < 1.29 is 26.1 Å². The van der Waals surface area contributed by atoms with Gasteiger partial charge in [-0.15, -0.1) is 0 Å². The van der Waals surface area contributed by atoms with Gasteiger partial charge in [0.25, 0.3) is 0 Å². The van der Waals surface area contributed by atoms with Crippen LogP contribution < -0.4 is 0 Å². The molecule has 0 spiro atoms. The van der Waals surface area contributed by atoms with Gasteiger partial charge in [-0.05, 0) is 0 Å². The van der Waals surface area contributed by atoms with E-state index in [1.807, 2.05) is 0 Å². The van der Waals surface area contributed by atoms with E-state index in [0.717, 1.165) is 0 Å². The second-order valence-electron chi connectivity index (χ2n) is 0.921. The van der Waals surface area contributed by atoms with Crippen LogP contribution in [0.1, 0.15) is 0 Å². The molecular weight excluding hydrogens is 218 g/mol. The topological polar surface area (TPSA) is 78.2 Å². The van der Waals surface area contributed by atoms with Crippen LogP contribution in [0.4, 0.5) is 13.2 Å². The molecular formula is CH3F3NNaO3S2. The molecule has 64 valence electrons. The van der Waals surface area contributed by atoms with E-state index >= 15 is 0 Å². The third-order valence-electron chi connectivity index (χ3n) is 0.292. The number of halogens is 3. The van der Waals surface area contributed by atoms with Gasteiger partial charge in [0.15, 0.2) is 0 Å². The number of hydrogen-bond acceptors (Lipinski definition) is 4. The van der Waals surface area contributed by atoms with E-state index in [-0.39, 0.29) is 29.6 Å². The Morgan fingerprint density at radius 2 is 1.36 bits per heavy atom. The van der Waals surface area contributed by atoms with Crippen LogP contribution in [0.15, 0.2) is 0 Å². The standard InChI is InChI=1S/CHF3O3S.HNS.Na.H/c2-1(3,4)8(5,6)7;1-2;;/h(H,5,6,7);1H;;. The second-order valence-corrected chi connectivity index (χ2v) is 2.33. The molecule has 0 aliphatic heterocycles. The van der Waals surface area contributed by atoms with Gasteiger partial charge in [0.2, 0.25) is 0 Å². The molecule has 0 saturated carbocycles. The molecule has 0 unspecified atom stereocenters. The minimum atomic E-state index is -5.84. The summed E-state index contributed by atoms with van der Waals surface area (Å²) in [5, 5.41) is 0. The van der Waals surface area contributed by atoms with Gasteiger partial charge in [-0.25, -0.2) is 4.78 Å². The van der Waals surface area contributed by atoms with Gasteiger partial charge in [0, 0.05) is 12.4 Å². The number of hydrogen-bond donors (Lipinski definition) is 2. The summed E-state index contributed by atoms with van der Waals surface area (Å²) in [4.78, 5) is 0. The van der Waals surface area contributed by atoms with Gasteiger partial charge in [-0.2, -0.15) is 21.6 Å². The van der Waals surface area contributed by atoms with Crippen LogP contribution in [-0.4, -0.2) is 48.0 Å². The molecule has 0 radical (unpaired) electrons. The van der Waals surface area contributed by atoms with E-state index in [1.54, 1.807) is 0 Å². The zero-order valence-electron chi connectivity index (χ0n) is 4.21. The van der Waals surface area contributed by atoms with E-state index in [1.165, 1.54) is 0 Å². The SMILES string of the molecule is N=S.O=S(=O)(O)C(F)(F)F.[NaH]. The minimum absolute atomic E-state index is 0. The first-order chi connectivity index (χ1) is 4.25. The third kappa shape index (κ3) is 8.63. The van der Waals surface area contributed by atoms with Gasteiger partial charge in [0.05, 0.1) is 0 Å². The van der Waals surface area contributed by atoms with Crippen LogP contribution in [0, 0.1) is 4.78 Å². The van der Waals surface area contributed by atoms with Crippen LogP contribution in [0.25, 0.3) is 0 Å². The van der Waals surface area contributed by atoms with Crippen LogP contribution in [-0.2, 0) is 22.5 Å². The average molecular weight is 221 g/mol. The maximum atomic E-state index is 10.7. The zero-order valence-corrected chi connectivity index (χ0v) is 5.85. The first kappa shape index (κ1) is 17.7. The van der Waals surface area contributed by atoms with Crippen molar-refractivity contribution in [3.63, 3.8) is 0 Å². The summed E-state index contributed by atoms with van der Waals surface area (Å²) in [5.41, 5.74) is -5.53. The van der Waals surface area contributed by atoms with Crippen molar-refractivity contribution in [2.45, 2.75) is 5.51 Å². The summed E-state index contributed by atoms with van der Waals surface area (Å²) < 4.78 is 62.9. The fraction of sp³-hybridized carbons (Fsp3) is 1.00. The van der Waals surface area contributed by atoms with Crippen molar-refractivity contribution >= 4 is 52.1 Å². The molecule has 0 aliphatic rings. The summed E-state index contributed by atoms with van der Waals surface area (Å²) in [6, 6.07) is 0. The number of alkyl halides is 3. The Labute approximate surface area is 88.2 Å². The van der Waals surface area contributed by atoms with E-state index in [0.29, 0.717) is 0 Å². The third-order valence-corrected chi connectivity index (χ3v) is 0.877. The average Bonchev–Trinajstić information content (AvgIpc) is 1.66. The zero-order chi connectivity index (χ0) is 9.00. The van der Waals surface area contributed by atoms with Gasteiger partial charge >= 0.3 is 45.2 Å². The van der Waals surface area contributed by atoms with Crippen molar-refractivity contribution in [1.29, 1.82) is 4.78 Å². The molecule has 0 rings (SSSR count). The molecule has 0 aliphatic carbocycles. The molecule has 0 fully saturated rings. The molecule has 2 N–H and O–H groups in total. The molecule has 11 heavy (non-hydrogen) atoms. The normalized spacial score (nSPS) is 10.5. The van der Waals surface area contributed by atoms with E-state index in [2.05, 4.69) is 12.4 Å². The fourth-order valence-electron chi connectivity index (χ4n) is 0. The Bertz CT molecular complexity index is 187. The molecule has 0 saturated heterocycles.